The molecule has 2 aromatic heterocycles. The second-order valence-electron chi connectivity index (χ2n) is 13.5. The van der Waals surface area contributed by atoms with Gasteiger partial charge in [-0.25, -0.2) is 0 Å². The van der Waals surface area contributed by atoms with Crippen LogP contribution in [0.15, 0.2) is 186 Å². The molecule has 0 N–H and O–H groups in total. The minimum absolute atomic E-state index is 0.613. The Labute approximate surface area is 299 Å². The molecule has 0 radical (unpaired) electrons. The highest BCUT2D eigenvalue weighted by molar-refractivity contribution is 7.26. The van der Waals surface area contributed by atoms with Gasteiger partial charge in [-0.2, -0.15) is 0 Å². The fourth-order valence-corrected chi connectivity index (χ4v) is 10.2. The normalized spacial score (nSPS) is 13.3. The highest BCUT2D eigenvalue weighted by Gasteiger charge is 2.49. The molecule has 0 bridgehead atoms. The Morgan fingerprint density at radius 2 is 0.922 bits per heavy atom. The number of para-hydroxylation sites is 1. The fourth-order valence-electron chi connectivity index (χ4n) is 8.89. The van der Waals surface area contributed by atoms with Crippen LogP contribution in [-0.2, 0) is 5.41 Å². The standard InChI is InChI=1S/C49H30OS/c1-5-17-31(18-6-1)37-29-39-45(47-43(37)35-25-13-15-27-41(35)50-47)46-40(49(39,33-21-9-3-10-22-33)34-23-11-4-12-24-34)30-38(32-19-7-2-8-20-32)44-36-26-14-16-28-42(36)51-48(44)46/h1-30H. The lowest BCUT2D eigenvalue weighted by molar-refractivity contribution is 0.669. The molecule has 1 aliphatic carbocycles. The molecule has 8 aromatic carbocycles. The van der Waals surface area contributed by atoms with E-state index in [0.29, 0.717) is 0 Å². The summed E-state index contributed by atoms with van der Waals surface area (Å²) in [4.78, 5) is 0. The largest absolute Gasteiger partial charge is 0.455 e. The molecule has 238 valence electrons. The zero-order valence-corrected chi connectivity index (χ0v) is 28.5. The molecule has 0 atom stereocenters. The summed E-state index contributed by atoms with van der Waals surface area (Å²) in [6.45, 7) is 0. The topological polar surface area (TPSA) is 13.1 Å². The Morgan fingerprint density at radius 1 is 0.431 bits per heavy atom. The summed E-state index contributed by atoms with van der Waals surface area (Å²) in [6.07, 6.45) is 0. The van der Waals surface area contributed by atoms with Gasteiger partial charge in [0.1, 0.15) is 11.2 Å². The Morgan fingerprint density at radius 3 is 1.55 bits per heavy atom. The van der Waals surface area contributed by atoms with E-state index in [-0.39, 0.29) is 0 Å². The predicted octanol–water partition coefficient (Wildman–Crippen LogP) is 13.7. The maximum atomic E-state index is 7.12. The van der Waals surface area contributed by atoms with Gasteiger partial charge in [-0.3, -0.25) is 0 Å². The van der Waals surface area contributed by atoms with Crippen LogP contribution < -0.4 is 0 Å². The maximum absolute atomic E-state index is 7.12. The number of hydrogen-bond donors (Lipinski definition) is 0. The third-order valence-corrected chi connectivity index (χ3v) is 12.1. The molecule has 0 spiro atoms. The van der Waals surface area contributed by atoms with Crippen molar-refractivity contribution in [3.8, 4) is 33.4 Å². The minimum atomic E-state index is -0.613. The molecule has 2 heterocycles. The number of rotatable bonds is 4. The molecular weight excluding hydrogens is 637 g/mol. The van der Waals surface area contributed by atoms with Crippen molar-refractivity contribution in [1.29, 1.82) is 0 Å². The third kappa shape index (κ3) is 3.91. The van der Waals surface area contributed by atoms with Crippen molar-refractivity contribution in [3.05, 3.63) is 204 Å². The molecule has 0 aliphatic heterocycles. The summed E-state index contributed by atoms with van der Waals surface area (Å²) < 4.78 is 9.71. The molecule has 51 heavy (non-hydrogen) atoms. The number of fused-ring (bicyclic) bond motifs is 11. The average Bonchev–Trinajstić information content (AvgIpc) is 3.87. The van der Waals surface area contributed by atoms with Crippen molar-refractivity contribution in [3.63, 3.8) is 0 Å². The van der Waals surface area contributed by atoms with Crippen LogP contribution in [0, 0.1) is 0 Å². The molecular formula is C49H30OS. The first-order valence-electron chi connectivity index (χ1n) is 17.5. The van der Waals surface area contributed by atoms with Crippen LogP contribution >= 0.6 is 11.3 Å². The van der Waals surface area contributed by atoms with E-state index >= 15 is 0 Å². The van der Waals surface area contributed by atoms with E-state index in [2.05, 4.69) is 182 Å². The molecule has 0 saturated heterocycles. The lowest BCUT2D eigenvalue weighted by Crippen LogP contribution is -2.28. The zero-order valence-electron chi connectivity index (χ0n) is 27.6. The monoisotopic (exact) mass is 666 g/mol. The molecule has 0 fully saturated rings. The van der Waals surface area contributed by atoms with Crippen molar-refractivity contribution < 1.29 is 4.42 Å². The molecule has 2 heteroatoms. The van der Waals surface area contributed by atoms with Crippen LogP contribution in [0.2, 0.25) is 0 Å². The van der Waals surface area contributed by atoms with Crippen LogP contribution in [0.3, 0.4) is 0 Å². The van der Waals surface area contributed by atoms with Crippen LogP contribution in [0.5, 0.6) is 0 Å². The van der Waals surface area contributed by atoms with Gasteiger partial charge in [-0.05, 0) is 68.8 Å². The molecule has 1 aliphatic rings. The van der Waals surface area contributed by atoms with Crippen molar-refractivity contribution in [2.24, 2.45) is 0 Å². The van der Waals surface area contributed by atoms with Crippen LogP contribution in [-0.4, -0.2) is 0 Å². The van der Waals surface area contributed by atoms with Crippen molar-refractivity contribution in [2.75, 3.05) is 0 Å². The number of thiophene rings is 1. The minimum Gasteiger partial charge on any atom is -0.455 e. The van der Waals surface area contributed by atoms with Crippen molar-refractivity contribution >= 4 is 53.4 Å². The van der Waals surface area contributed by atoms with Gasteiger partial charge in [-0.1, -0.05) is 158 Å². The average molecular weight is 667 g/mol. The maximum Gasteiger partial charge on any atom is 0.144 e. The summed E-state index contributed by atoms with van der Waals surface area (Å²) in [5.41, 5.74) is 13.6. The Balaban J connectivity index is 1.44. The van der Waals surface area contributed by atoms with E-state index in [4.69, 9.17) is 4.42 Å². The number of benzene rings is 8. The Hall–Kier alpha value is -6.22. The zero-order chi connectivity index (χ0) is 33.5. The lowest BCUT2D eigenvalue weighted by atomic mass is 9.67. The second-order valence-corrected chi connectivity index (χ2v) is 14.6. The third-order valence-electron chi connectivity index (χ3n) is 10.9. The summed E-state index contributed by atoms with van der Waals surface area (Å²) >= 11 is 1.90. The van der Waals surface area contributed by atoms with E-state index < -0.39 is 5.41 Å². The van der Waals surface area contributed by atoms with Crippen LogP contribution in [0.4, 0.5) is 0 Å². The number of furan rings is 1. The molecule has 0 unspecified atom stereocenters. The van der Waals surface area contributed by atoms with Crippen molar-refractivity contribution in [2.45, 2.75) is 5.41 Å². The Bertz CT molecular complexity index is 2730. The van der Waals surface area contributed by atoms with Gasteiger partial charge >= 0.3 is 0 Å². The summed E-state index contributed by atoms with van der Waals surface area (Å²) in [5.74, 6) is 0. The summed E-state index contributed by atoms with van der Waals surface area (Å²) in [7, 11) is 0. The van der Waals surface area contributed by atoms with Crippen LogP contribution in [0.25, 0.3) is 75.5 Å². The van der Waals surface area contributed by atoms with E-state index in [9.17, 15) is 0 Å². The van der Waals surface area contributed by atoms with Gasteiger partial charge in [0, 0.05) is 42.1 Å². The molecule has 11 rings (SSSR count). The fraction of sp³-hybridized carbons (Fsp3) is 0.0204. The van der Waals surface area contributed by atoms with E-state index in [1.54, 1.807) is 0 Å². The molecule has 0 saturated carbocycles. The highest BCUT2D eigenvalue weighted by Crippen LogP contribution is 2.63. The Kier molecular flexibility index (Phi) is 6.11. The van der Waals surface area contributed by atoms with Crippen molar-refractivity contribution in [1.82, 2.24) is 0 Å². The molecule has 0 amide bonds. The smallest absolute Gasteiger partial charge is 0.144 e. The van der Waals surface area contributed by atoms with E-state index in [0.717, 1.165) is 16.6 Å². The quantitative estimate of drug-likeness (QED) is 0.182. The van der Waals surface area contributed by atoms with Gasteiger partial charge in [0.2, 0.25) is 0 Å². The van der Waals surface area contributed by atoms with Gasteiger partial charge in [0.15, 0.2) is 0 Å². The van der Waals surface area contributed by atoms with Crippen LogP contribution in [0.1, 0.15) is 22.3 Å². The van der Waals surface area contributed by atoms with Gasteiger partial charge in [0.25, 0.3) is 0 Å². The first kappa shape index (κ1) is 28.6. The van der Waals surface area contributed by atoms with E-state index in [1.165, 1.54) is 81.2 Å². The predicted molar refractivity (Wildman–Crippen MR) is 215 cm³/mol. The first-order valence-corrected chi connectivity index (χ1v) is 18.3. The van der Waals surface area contributed by atoms with Gasteiger partial charge in [-0.15, -0.1) is 11.3 Å². The molecule has 1 nitrogen and oxygen atoms in total. The van der Waals surface area contributed by atoms with E-state index in [1.807, 2.05) is 11.3 Å². The number of hydrogen-bond acceptors (Lipinski definition) is 2. The summed E-state index contributed by atoms with van der Waals surface area (Å²) in [6, 6.07) is 66.5. The first-order chi connectivity index (χ1) is 25.3. The van der Waals surface area contributed by atoms with Gasteiger partial charge in [0.05, 0.1) is 5.41 Å². The molecule has 10 aromatic rings. The summed E-state index contributed by atoms with van der Waals surface area (Å²) in [5, 5.41) is 4.90. The van der Waals surface area contributed by atoms with Gasteiger partial charge < -0.3 is 4.42 Å². The lowest BCUT2D eigenvalue weighted by Gasteiger charge is -2.34. The second kappa shape index (κ2) is 10.9. The highest BCUT2D eigenvalue weighted by atomic mass is 32.1. The SMILES string of the molecule is c1ccc(-c2cc3c(c4oc5ccccc5c24)-c2c(cc(-c4ccccc4)c4c2sc2ccccc24)C3(c2ccccc2)c2ccccc2)cc1.